The summed E-state index contributed by atoms with van der Waals surface area (Å²) in [7, 11) is 0. The Morgan fingerprint density at radius 2 is 1.13 bits per heavy atom. The van der Waals surface area contributed by atoms with Crippen LogP contribution in [0.15, 0.2) is 115 Å². The molecule has 0 atom stereocenters. The van der Waals surface area contributed by atoms with Crippen molar-refractivity contribution in [3.8, 4) is 21.7 Å². The minimum Gasteiger partial charge on any atom is -0.289 e. The Hall–Kier alpha value is -4.81. The van der Waals surface area contributed by atoms with Crippen molar-refractivity contribution in [2.24, 2.45) is 0 Å². The number of fused-ring (bicyclic) bond motifs is 1. The Kier molecular flexibility index (Phi) is 6.39. The van der Waals surface area contributed by atoms with Crippen molar-refractivity contribution >= 4 is 33.1 Å². The first kappa shape index (κ1) is 24.5. The van der Waals surface area contributed by atoms with E-state index in [0.29, 0.717) is 38.3 Å². The molecule has 0 aliphatic carbocycles. The third kappa shape index (κ3) is 4.78. The zero-order valence-electron chi connectivity index (χ0n) is 20.4. The van der Waals surface area contributed by atoms with E-state index in [1.807, 2.05) is 30.3 Å². The van der Waals surface area contributed by atoms with Crippen LogP contribution in [-0.4, -0.2) is 16.6 Å². The number of nitrogens with zero attached hydrogens (tertiary/aromatic N) is 1. The van der Waals surface area contributed by atoms with Crippen molar-refractivity contribution in [3.05, 3.63) is 149 Å². The Balaban J connectivity index is 1.43. The molecule has 0 spiro atoms. The molecule has 0 N–H and O–H groups in total. The second kappa shape index (κ2) is 10.2. The minimum atomic E-state index is -0.506. The van der Waals surface area contributed by atoms with Crippen molar-refractivity contribution < 1.29 is 18.4 Å². The quantitative estimate of drug-likeness (QED) is 0.203. The molecule has 0 unspecified atom stereocenters. The first-order valence-electron chi connectivity index (χ1n) is 12.2. The Morgan fingerprint density at radius 3 is 1.72 bits per heavy atom. The van der Waals surface area contributed by atoms with Gasteiger partial charge in [-0.2, -0.15) is 0 Å². The highest BCUT2D eigenvalue weighted by atomic mass is 32.1. The third-order valence-electron chi connectivity index (χ3n) is 6.45. The molecule has 39 heavy (non-hydrogen) atoms. The van der Waals surface area contributed by atoms with Gasteiger partial charge in [0.25, 0.3) is 0 Å². The van der Waals surface area contributed by atoms with E-state index in [-0.39, 0.29) is 22.7 Å². The number of benzene rings is 5. The van der Waals surface area contributed by atoms with Crippen molar-refractivity contribution in [2.75, 3.05) is 0 Å². The summed E-state index contributed by atoms with van der Waals surface area (Å²) in [5.74, 6) is -1.57. The van der Waals surface area contributed by atoms with E-state index in [4.69, 9.17) is 4.98 Å². The zero-order valence-corrected chi connectivity index (χ0v) is 21.2. The molecule has 0 radical (unpaired) electrons. The van der Waals surface area contributed by atoms with E-state index in [1.54, 1.807) is 60.7 Å². The van der Waals surface area contributed by atoms with Gasteiger partial charge in [0, 0.05) is 27.8 Å². The summed E-state index contributed by atoms with van der Waals surface area (Å²) in [5, 5.41) is 0.570. The molecule has 0 fully saturated rings. The van der Waals surface area contributed by atoms with Gasteiger partial charge in [-0.05, 0) is 53.6 Å². The molecule has 6 rings (SSSR count). The molecule has 6 aromatic rings. The Bertz CT molecular complexity index is 1770. The van der Waals surface area contributed by atoms with Crippen LogP contribution in [0.2, 0.25) is 0 Å². The largest absolute Gasteiger partial charge is 0.289 e. The maximum absolute atomic E-state index is 14.2. The van der Waals surface area contributed by atoms with E-state index in [0.717, 1.165) is 4.70 Å². The molecule has 0 aliphatic rings. The van der Waals surface area contributed by atoms with E-state index >= 15 is 0 Å². The fraction of sp³-hybridized carbons (Fsp3) is 0. The lowest BCUT2D eigenvalue weighted by molar-refractivity contribution is 0.103. The zero-order chi connectivity index (χ0) is 26.9. The lowest BCUT2D eigenvalue weighted by atomic mass is 9.93. The monoisotopic (exact) mass is 531 g/mol. The summed E-state index contributed by atoms with van der Waals surface area (Å²) >= 11 is 1.38. The van der Waals surface area contributed by atoms with Gasteiger partial charge in [0.2, 0.25) is 0 Å². The molecular formula is C33H19F2NO2S. The number of aromatic nitrogens is 1. The highest BCUT2D eigenvalue weighted by Gasteiger charge is 2.20. The summed E-state index contributed by atoms with van der Waals surface area (Å²) in [6.45, 7) is 0. The van der Waals surface area contributed by atoms with Crippen LogP contribution in [0.4, 0.5) is 8.78 Å². The van der Waals surface area contributed by atoms with Crippen LogP contribution in [0.3, 0.4) is 0 Å². The Labute approximate surface area is 227 Å². The highest BCUT2D eigenvalue weighted by molar-refractivity contribution is 7.21. The molecule has 6 heteroatoms. The summed E-state index contributed by atoms with van der Waals surface area (Å²) in [4.78, 5) is 31.3. The van der Waals surface area contributed by atoms with E-state index < -0.39 is 11.6 Å². The van der Waals surface area contributed by atoms with Crippen LogP contribution in [-0.2, 0) is 0 Å². The van der Waals surface area contributed by atoms with Crippen LogP contribution in [0.5, 0.6) is 0 Å². The van der Waals surface area contributed by atoms with Crippen LogP contribution >= 0.6 is 11.3 Å². The predicted molar refractivity (Wildman–Crippen MR) is 150 cm³/mol. The van der Waals surface area contributed by atoms with Gasteiger partial charge < -0.3 is 0 Å². The first-order valence-corrected chi connectivity index (χ1v) is 13.0. The fourth-order valence-corrected chi connectivity index (χ4v) is 5.53. The summed E-state index contributed by atoms with van der Waals surface area (Å²) < 4.78 is 29.3. The number of carbonyl (C=O) groups excluding carboxylic acids is 2. The van der Waals surface area contributed by atoms with Crippen molar-refractivity contribution in [2.45, 2.75) is 0 Å². The van der Waals surface area contributed by atoms with Gasteiger partial charge in [0.15, 0.2) is 11.6 Å². The average Bonchev–Trinajstić information content (AvgIpc) is 3.40. The lowest BCUT2D eigenvalue weighted by Crippen LogP contribution is -2.04. The molecular weight excluding hydrogens is 512 g/mol. The van der Waals surface area contributed by atoms with Crippen LogP contribution in [0.1, 0.15) is 31.8 Å². The molecule has 0 saturated heterocycles. The van der Waals surface area contributed by atoms with Gasteiger partial charge >= 0.3 is 0 Å². The molecule has 1 aromatic heterocycles. The Morgan fingerprint density at radius 1 is 0.590 bits per heavy atom. The van der Waals surface area contributed by atoms with Gasteiger partial charge in [-0.1, -0.05) is 72.8 Å². The van der Waals surface area contributed by atoms with Gasteiger partial charge in [-0.15, -0.1) is 11.3 Å². The molecule has 3 nitrogen and oxygen atoms in total. The number of thiazole rings is 1. The molecule has 0 aliphatic heterocycles. The lowest BCUT2D eigenvalue weighted by Gasteiger charge is -2.10. The van der Waals surface area contributed by atoms with Gasteiger partial charge in [0.05, 0.1) is 10.2 Å². The van der Waals surface area contributed by atoms with Crippen LogP contribution in [0, 0.1) is 11.6 Å². The van der Waals surface area contributed by atoms with E-state index in [2.05, 4.69) is 0 Å². The third-order valence-corrected chi connectivity index (χ3v) is 7.52. The molecule has 0 bridgehead atoms. The molecule has 0 saturated carbocycles. The summed E-state index contributed by atoms with van der Waals surface area (Å²) in [6.07, 6.45) is 0. The first-order chi connectivity index (χ1) is 19.0. The summed E-state index contributed by atoms with van der Waals surface area (Å²) in [6, 6.07) is 31.3. The molecule has 1 heterocycles. The topological polar surface area (TPSA) is 47.0 Å². The smallest absolute Gasteiger partial charge is 0.193 e. The highest BCUT2D eigenvalue weighted by Crippen LogP contribution is 2.36. The molecule has 0 amide bonds. The average molecular weight is 532 g/mol. The van der Waals surface area contributed by atoms with Crippen molar-refractivity contribution in [1.29, 1.82) is 0 Å². The van der Waals surface area contributed by atoms with Crippen molar-refractivity contribution in [1.82, 2.24) is 4.98 Å². The maximum Gasteiger partial charge on any atom is 0.193 e. The molecule has 5 aromatic carbocycles. The van der Waals surface area contributed by atoms with E-state index in [9.17, 15) is 18.4 Å². The predicted octanol–water partition coefficient (Wildman–Crippen LogP) is 8.37. The van der Waals surface area contributed by atoms with Crippen molar-refractivity contribution in [3.63, 3.8) is 0 Å². The number of hydrogen-bond acceptors (Lipinski definition) is 4. The number of hydrogen-bond donors (Lipinski definition) is 0. The number of rotatable bonds is 6. The normalized spacial score (nSPS) is 11.0. The second-order valence-electron chi connectivity index (χ2n) is 8.97. The van der Waals surface area contributed by atoms with Crippen LogP contribution < -0.4 is 0 Å². The van der Waals surface area contributed by atoms with Gasteiger partial charge in [-0.25, -0.2) is 13.8 Å². The van der Waals surface area contributed by atoms with Crippen LogP contribution in [0.25, 0.3) is 31.9 Å². The fourth-order valence-electron chi connectivity index (χ4n) is 4.55. The standard InChI is InChI=1S/C33H19F2NO2S/c34-23-12-14-25(27(18-23)31(37)20-7-3-1-4-8-20)22-11-16-30-29(17-22)36-33(39-30)26-15-13-24(35)19-28(26)32(38)21-9-5-2-6-10-21/h1-19H. The SMILES string of the molecule is O=C(c1ccccc1)c1cc(F)ccc1-c1ccc2sc(-c3ccc(F)cc3C(=O)c3ccccc3)nc2c1. The van der Waals surface area contributed by atoms with E-state index in [1.165, 1.54) is 35.6 Å². The molecule has 188 valence electrons. The number of halogens is 2. The van der Waals surface area contributed by atoms with Gasteiger partial charge in [-0.3, -0.25) is 9.59 Å². The van der Waals surface area contributed by atoms with Gasteiger partial charge in [0.1, 0.15) is 16.6 Å². The summed E-state index contributed by atoms with van der Waals surface area (Å²) in [5.41, 5.74) is 3.89. The number of carbonyl (C=O) groups is 2. The minimum absolute atomic E-state index is 0.231. The number of ketones is 2. The second-order valence-corrected chi connectivity index (χ2v) is 10.0. The maximum atomic E-state index is 14.2.